The molecule has 1 N–H and O–H groups in total. The standard InChI is InChI=1S/C20H24N2O4S/c1-4-15-26-18-11-7-16(8-12-18)20(23)21-17-9-13-19(14-10-17)27(24,25)22(5-2)6-3/h4,7-14H,1,5-6,15H2,2-3H3,(H,21,23). The summed E-state index contributed by atoms with van der Waals surface area (Å²) in [6.45, 7) is 8.38. The normalized spacial score (nSPS) is 11.2. The molecule has 0 aliphatic rings. The number of sulfonamides is 1. The van der Waals surface area contributed by atoms with Crippen molar-refractivity contribution in [3.63, 3.8) is 0 Å². The van der Waals surface area contributed by atoms with E-state index in [1.54, 1.807) is 56.3 Å². The zero-order valence-electron chi connectivity index (χ0n) is 15.5. The summed E-state index contributed by atoms with van der Waals surface area (Å²) in [5.41, 5.74) is 0.992. The second-order valence-electron chi connectivity index (χ2n) is 5.69. The summed E-state index contributed by atoms with van der Waals surface area (Å²) in [7, 11) is -3.51. The average molecular weight is 388 g/mol. The zero-order valence-corrected chi connectivity index (χ0v) is 16.3. The van der Waals surface area contributed by atoms with Gasteiger partial charge >= 0.3 is 0 Å². The van der Waals surface area contributed by atoms with Gasteiger partial charge in [0.2, 0.25) is 10.0 Å². The number of ether oxygens (including phenoxy) is 1. The molecule has 0 fully saturated rings. The van der Waals surface area contributed by atoms with Crippen LogP contribution in [0.25, 0.3) is 0 Å². The largest absolute Gasteiger partial charge is 0.490 e. The van der Waals surface area contributed by atoms with Gasteiger partial charge in [-0.3, -0.25) is 4.79 Å². The molecule has 144 valence electrons. The Morgan fingerprint density at radius 3 is 2.19 bits per heavy atom. The van der Waals surface area contributed by atoms with E-state index in [4.69, 9.17) is 4.74 Å². The predicted molar refractivity (Wildman–Crippen MR) is 107 cm³/mol. The first-order valence-corrected chi connectivity index (χ1v) is 10.1. The summed E-state index contributed by atoms with van der Waals surface area (Å²) in [6.07, 6.45) is 1.64. The number of nitrogens with zero attached hydrogens (tertiary/aromatic N) is 1. The SMILES string of the molecule is C=CCOc1ccc(C(=O)Nc2ccc(S(=O)(=O)N(CC)CC)cc2)cc1. The first-order chi connectivity index (χ1) is 12.9. The number of amides is 1. The highest BCUT2D eigenvalue weighted by Crippen LogP contribution is 2.19. The molecule has 0 atom stereocenters. The Labute approximate surface area is 160 Å². The van der Waals surface area contributed by atoms with Crippen molar-refractivity contribution in [1.29, 1.82) is 0 Å². The Morgan fingerprint density at radius 2 is 1.67 bits per heavy atom. The minimum absolute atomic E-state index is 0.202. The molecule has 0 radical (unpaired) electrons. The molecule has 0 aliphatic heterocycles. The van der Waals surface area contributed by atoms with Crippen molar-refractivity contribution in [2.75, 3.05) is 25.0 Å². The predicted octanol–water partition coefficient (Wildman–Crippen LogP) is 3.53. The van der Waals surface area contributed by atoms with E-state index in [-0.39, 0.29) is 10.8 Å². The summed E-state index contributed by atoms with van der Waals surface area (Å²) >= 11 is 0. The van der Waals surface area contributed by atoms with Gasteiger partial charge < -0.3 is 10.1 Å². The molecule has 0 aliphatic carbocycles. The van der Waals surface area contributed by atoms with Crippen LogP contribution in [0, 0.1) is 0 Å². The summed E-state index contributed by atoms with van der Waals surface area (Å²) in [6, 6.07) is 12.9. The third-order valence-corrected chi connectivity index (χ3v) is 6.00. The molecule has 0 saturated carbocycles. The van der Waals surface area contributed by atoms with Gasteiger partial charge in [0.15, 0.2) is 0 Å². The summed E-state index contributed by atoms with van der Waals surface area (Å²) in [5.74, 6) is 0.363. The van der Waals surface area contributed by atoms with E-state index in [2.05, 4.69) is 11.9 Å². The lowest BCUT2D eigenvalue weighted by Crippen LogP contribution is -2.30. The number of carbonyl (C=O) groups excluding carboxylic acids is 1. The molecule has 0 saturated heterocycles. The van der Waals surface area contributed by atoms with Gasteiger partial charge in [-0.05, 0) is 48.5 Å². The third kappa shape index (κ3) is 5.18. The monoisotopic (exact) mass is 388 g/mol. The van der Waals surface area contributed by atoms with Gasteiger partial charge in [-0.25, -0.2) is 8.42 Å². The Bertz CT molecular complexity index is 871. The number of hydrogen-bond acceptors (Lipinski definition) is 4. The van der Waals surface area contributed by atoms with Crippen molar-refractivity contribution < 1.29 is 17.9 Å². The molecule has 0 heterocycles. The van der Waals surface area contributed by atoms with E-state index in [1.807, 2.05) is 0 Å². The second-order valence-corrected chi connectivity index (χ2v) is 7.63. The number of carbonyl (C=O) groups is 1. The fourth-order valence-electron chi connectivity index (χ4n) is 2.48. The van der Waals surface area contributed by atoms with Gasteiger partial charge in [0.1, 0.15) is 12.4 Å². The highest BCUT2D eigenvalue weighted by atomic mass is 32.2. The smallest absolute Gasteiger partial charge is 0.255 e. The first-order valence-electron chi connectivity index (χ1n) is 8.67. The minimum atomic E-state index is -3.51. The molecule has 0 spiro atoms. The topological polar surface area (TPSA) is 75.7 Å². The van der Waals surface area contributed by atoms with Crippen LogP contribution < -0.4 is 10.1 Å². The van der Waals surface area contributed by atoms with Crippen LogP contribution in [0.3, 0.4) is 0 Å². The lowest BCUT2D eigenvalue weighted by molar-refractivity contribution is 0.102. The molecule has 1 amide bonds. The van der Waals surface area contributed by atoms with Gasteiger partial charge in [-0.1, -0.05) is 26.5 Å². The highest BCUT2D eigenvalue weighted by Gasteiger charge is 2.21. The van der Waals surface area contributed by atoms with E-state index in [9.17, 15) is 13.2 Å². The number of hydrogen-bond donors (Lipinski definition) is 1. The van der Waals surface area contributed by atoms with Crippen LogP contribution >= 0.6 is 0 Å². The quantitative estimate of drug-likeness (QED) is 0.667. The highest BCUT2D eigenvalue weighted by molar-refractivity contribution is 7.89. The van der Waals surface area contributed by atoms with Crippen molar-refractivity contribution in [2.45, 2.75) is 18.7 Å². The fourth-order valence-corrected chi connectivity index (χ4v) is 3.94. The van der Waals surface area contributed by atoms with Crippen LogP contribution in [0.5, 0.6) is 5.75 Å². The Balaban J connectivity index is 2.07. The van der Waals surface area contributed by atoms with Crippen LogP contribution in [-0.2, 0) is 10.0 Å². The molecule has 7 heteroatoms. The molecule has 27 heavy (non-hydrogen) atoms. The molecule has 0 aromatic heterocycles. The molecule has 2 aromatic rings. The molecule has 0 bridgehead atoms. The third-order valence-electron chi connectivity index (χ3n) is 3.94. The summed E-state index contributed by atoms with van der Waals surface area (Å²) < 4.78 is 31.7. The van der Waals surface area contributed by atoms with Gasteiger partial charge in [0.25, 0.3) is 5.91 Å². The number of rotatable bonds is 9. The van der Waals surface area contributed by atoms with Crippen molar-refractivity contribution >= 4 is 21.6 Å². The van der Waals surface area contributed by atoms with E-state index < -0.39 is 10.0 Å². The van der Waals surface area contributed by atoms with E-state index >= 15 is 0 Å². The molecule has 2 rings (SSSR count). The Kier molecular flexibility index (Phi) is 7.15. The van der Waals surface area contributed by atoms with Crippen LogP contribution in [0.1, 0.15) is 24.2 Å². The Hall–Kier alpha value is -2.64. The maximum absolute atomic E-state index is 12.5. The fraction of sp³-hybridized carbons (Fsp3) is 0.250. The van der Waals surface area contributed by atoms with Gasteiger partial charge in [0, 0.05) is 24.3 Å². The Morgan fingerprint density at radius 1 is 1.07 bits per heavy atom. The van der Waals surface area contributed by atoms with Crippen LogP contribution in [-0.4, -0.2) is 38.3 Å². The van der Waals surface area contributed by atoms with Crippen molar-refractivity contribution in [1.82, 2.24) is 4.31 Å². The van der Waals surface area contributed by atoms with Crippen LogP contribution in [0.2, 0.25) is 0 Å². The molecule has 6 nitrogen and oxygen atoms in total. The molecule has 2 aromatic carbocycles. The second kappa shape index (κ2) is 9.34. The van der Waals surface area contributed by atoms with E-state index in [0.29, 0.717) is 36.7 Å². The number of nitrogens with one attached hydrogen (secondary N) is 1. The molecular weight excluding hydrogens is 364 g/mol. The lowest BCUT2D eigenvalue weighted by Gasteiger charge is -2.18. The van der Waals surface area contributed by atoms with Crippen molar-refractivity contribution in [3.8, 4) is 5.75 Å². The average Bonchev–Trinajstić information content (AvgIpc) is 2.68. The zero-order chi connectivity index (χ0) is 19.9. The van der Waals surface area contributed by atoms with Crippen molar-refractivity contribution in [2.24, 2.45) is 0 Å². The number of anilines is 1. The maximum atomic E-state index is 12.5. The maximum Gasteiger partial charge on any atom is 0.255 e. The van der Waals surface area contributed by atoms with Crippen molar-refractivity contribution in [3.05, 3.63) is 66.7 Å². The van der Waals surface area contributed by atoms with Gasteiger partial charge in [-0.2, -0.15) is 4.31 Å². The van der Waals surface area contributed by atoms with E-state index in [1.165, 1.54) is 16.4 Å². The van der Waals surface area contributed by atoms with Crippen LogP contribution in [0.4, 0.5) is 5.69 Å². The summed E-state index contributed by atoms with van der Waals surface area (Å²) in [5, 5.41) is 2.75. The molecule has 0 unspecified atom stereocenters. The van der Waals surface area contributed by atoms with Crippen LogP contribution in [0.15, 0.2) is 66.1 Å². The minimum Gasteiger partial charge on any atom is -0.490 e. The van der Waals surface area contributed by atoms with Gasteiger partial charge in [-0.15, -0.1) is 0 Å². The number of benzene rings is 2. The summed E-state index contributed by atoms with van der Waals surface area (Å²) in [4.78, 5) is 12.5. The lowest BCUT2D eigenvalue weighted by atomic mass is 10.2. The van der Waals surface area contributed by atoms with E-state index in [0.717, 1.165) is 0 Å². The molecular formula is C20H24N2O4S. The van der Waals surface area contributed by atoms with Gasteiger partial charge in [0.05, 0.1) is 4.90 Å². The first kappa shape index (κ1) is 20.7.